The first-order chi connectivity index (χ1) is 12.5. The normalized spacial score (nSPS) is 21.5. The number of aryl methyl sites for hydroxylation is 1. The van der Waals surface area contributed by atoms with Crippen molar-refractivity contribution in [1.82, 2.24) is 0 Å². The molecule has 6 nitrogen and oxygen atoms in total. The summed E-state index contributed by atoms with van der Waals surface area (Å²) in [5.41, 5.74) is 1.71. The number of imide groups is 1. The lowest BCUT2D eigenvalue weighted by atomic mass is 9.93. The van der Waals surface area contributed by atoms with E-state index in [0.717, 1.165) is 10.5 Å². The Morgan fingerprint density at radius 3 is 2.35 bits per heavy atom. The third-order valence-electron chi connectivity index (χ3n) is 4.44. The van der Waals surface area contributed by atoms with Crippen molar-refractivity contribution in [3.8, 4) is 0 Å². The molecule has 2 heterocycles. The minimum absolute atomic E-state index is 0.0646. The Kier molecular flexibility index (Phi) is 3.85. The number of carbonyl (C=O) groups excluding carboxylic acids is 3. The van der Waals surface area contributed by atoms with Crippen molar-refractivity contribution in [2.75, 3.05) is 4.90 Å². The van der Waals surface area contributed by atoms with E-state index in [0.29, 0.717) is 16.3 Å². The van der Waals surface area contributed by atoms with Crippen LogP contribution in [-0.4, -0.2) is 29.4 Å². The number of benzene rings is 2. The highest BCUT2D eigenvalue weighted by molar-refractivity contribution is 6.52. The maximum Gasteiger partial charge on any atom is 0.278 e. The van der Waals surface area contributed by atoms with Crippen LogP contribution in [0, 0.1) is 12.8 Å². The van der Waals surface area contributed by atoms with Gasteiger partial charge in [-0.25, -0.2) is 4.90 Å². The van der Waals surface area contributed by atoms with Crippen LogP contribution in [0.3, 0.4) is 0 Å². The maximum absolute atomic E-state index is 12.9. The molecule has 0 saturated carbocycles. The summed E-state index contributed by atoms with van der Waals surface area (Å²) in [5.74, 6) is -2.53. The van der Waals surface area contributed by atoms with Crippen LogP contribution < -0.4 is 4.90 Å². The fraction of sp³-hybridized carbons (Fsp3) is 0.158. The molecule has 4 rings (SSSR count). The monoisotopic (exact) mass is 368 g/mol. The lowest BCUT2D eigenvalue weighted by Gasteiger charge is -2.15. The third-order valence-corrected chi connectivity index (χ3v) is 4.70. The van der Waals surface area contributed by atoms with Crippen LogP contribution in [0.4, 0.5) is 5.69 Å². The standard InChI is InChI=1S/C19H13ClN2O4/c1-10-2-8-13(9-3-10)22-18(24)14-15(21-26-17(14)19(22)25)16(23)11-4-6-12(20)7-5-11/h2-9,14,17H,1H3. The number of hydrogen-bond donors (Lipinski definition) is 0. The van der Waals surface area contributed by atoms with Gasteiger partial charge in [-0.05, 0) is 43.3 Å². The molecule has 0 bridgehead atoms. The van der Waals surface area contributed by atoms with E-state index in [2.05, 4.69) is 5.16 Å². The fourth-order valence-electron chi connectivity index (χ4n) is 3.06. The third kappa shape index (κ3) is 2.50. The summed E-state index contributed by atoms with van der Waals surface area (Å²) in [6, 6.07) is 13.2. The van der Waals surface area contributed by atoms with Crippen molar-refractivity contribution in [2.24, 2.45) is 11.1 Å². The highest BCUT2D eigenvalue weighted by Crippen LogP contribution is 2.34. The number of carbonyl (C=O) groups is 3. The molecule has 2 amide bonds. The first kappa shape index (κ1) is 16.5. The second kappa shape index (κ2) is 6.07. The first-order valence-electron chi connectivity index (χ1n) is 7.96. The van der Waals surface area contributed by atoms with E-state index >= 15 is 0 Å². The van der Waals surface area contributed by atoms with Gasteiger partial charge < -0.3 is 4.84 Å². The number of fused-ring (bicyclic) bond motifs is 1. The number of Topliss-reactive ketones (excluding diaryl/α,β-unsaturated/α-hetero) is 1. The van der Waals surface area contributed by atoms with Gasteiger partial charge in [-0.15, -0.1) is 0 Å². The van der Waals surface area contributed by atoms with Gasteiger partial charge in [-0.3, -0.25) is 14.4 Å². The van der Waals surface area contributed by atoms with Gasteiger partial charge in [-0.2, -0.15) is 0 Å². The molecule has 2 atom stereocenters. The predicted molar refractivity (Wildman–Crippen MR) is 95.3 cm³/mol. The lowest BCUT2D eigenvalue weighted by molar-refractivity contribution is -0.126. The minimum Gasteiger partial charge on any atom is -0.381 e. The van der Waals surface area contributed by atoms with Gasteiger partial charge in [0.2, 0.25) is 17.8 Å². The van der Waals surface area contributed by atoms with E-state index in [-0.39, 0.29) is 5.71 Å². The number of halogens is 1. The molecule has 0 aromatic heterocycles. The molecule has 2 aromatic carbocycles. The van der Waals surface area contributed by atoms with Crippen LogP contribution in [0.5, 0.6) is 0 Å². The summed E-state index contributed by atoms with van der Waals surface area (Å²) >= 11 is 5.83. The molecule has 2 aromatic rings. The Morgan fingerprint density at radius 2 is 1.69 bits per heavy atom. The van der Waals surface area contributed by atoms with Crippen molar-refractivity contribution in [1.29, 1.82) is 0 Å². The van der Waals surface area contributed by atoms with Crippen molar-refractivity contribution in [3.05, 3.63) is 64.7 Å². The average molecular weight is 369 g/mol. The van der Waals surface area contributed by atoms with Gasteiger partial charge in [0.05, 0.1) is 5.69 Å². The molecule has 0 aliphatic carbocycles. The number of amides is 2. The van der Waals surface area contributed by atoms with Gasteiger partial charge in [0.1, 0.15) is 11.6 Å². The van der Waals surface area contributed by atoms with Crippen LogP contribution in [-0.2, 0) is 14.4 Å². The van der Waals surface area contributed by atoms with Gasteiger partial charge in [0.15, 0.2) is 0 Å². The SMILES string of the molecule is Cc1ccc(N2C(=O)C3ON=C(C(=O)c4ccc(Cl)cc4)C3C2=O)cc1. The molecule has 7 heteroatoms. The van der Waals surface area contributed by atoms with E-state index in [1.807, 2.05) is 6.92 Å². The summed E-state index contributed by atoms with van der Waals surface area (Å²) in [6.07, 6.45) is -1.10. The molecule has 2 aliphatic heterocycles. The number of ketones is 1. The quantitative estimate of drug-likeness (QED) is 0.616. The summed E-state index contributed by atoms with van der Waals surface area (Å²) < 4.78 is 0. The minimum atomic E-state index is -1.10. The first-order valence-corrected chi connectivity index (χ1v) is 8.33. The molecule has 2 unspecified atom stereocenters. The van der Waals surface area contributed by atoms with Crippen LogP contribution in [0.15, 0.2) is 53.7 Å². The summed E-state index contributed by atoms with van der Waals surface area (Å²) in [7, 11) is 0. The summed E-state index contributed by atoms with van der Waals surface area (Å²) in [4.78, 5) is 44.4. The Balaban J connectivity index is 1.65. The van der Waals surface area contributed by atoms with Gasteiger partial charge in [0, 0.05) is 10.6 Å². The van der Waals surface area contributed by atoms with E-state index in [4.69, 9.17) is 16.4 Å². The van der Waals surface area contributed by atoms with Crippen LogP contribution in [0.2, 0.25) is 5.02 Å². The zero-order valence-corrected chi connectivity index (χ0v) is 14.4. The van der Waals surface area contributed by atoms with Crippen LogP contribution >= 0.6 is 11.6 Å². The number of rotatable bonds is 3. The van der Waals surface area contributed by atoms with E-state index in [1.54, 1.807) is 48.5 Å². The smallest absolute Gasteiger partial charge is 0.278 e. The van der Waals surface area contributed by atoms with Crippen molar-refractivity contribution >= 4 is 40.6 Å². The Bertz CT molecular complexity index is 951. The van der Waals surface area contributed by atoms with Crippen LogP contribution in [0.1, 0.15) is 15.9 Å². The Morgan fingerprint density at radius 1 is 1.04 bits per heavy atom. The molecule has 0 radical (unpaired) electrons. The number of anilines is 1. The zero-order chi connectivity index (χ0) is 18.4. The number of nitrogens with zero attached hydrogens (tertiary/aromatic N) is 2. The summed E-state index contributed by atoms with van der Waals surface area (Å²) in [5, 5.41) is 4.22. The van der Waals surface area contributed by atoms with Crippen molar-refractivity contribution in [2.45, 2.75) is 13.0 Å². The zero-order valence-electron chi connectivity index (χ0n) is 13.7. The number of oxime groups is 1. The van der Waals surface area contributed by atoms with E-state index in [9.17, 15) is 14.4 Å². The van der Waals surface area contributed by atoms with Crippen molar-refractivity contribution in [3.63, 3.8) is 0 Å². The largest absolute Gasteiger partial charge is 0.381 e. The lowest BCUT2D eigenvalue weighted by Crippen LogP contribution is -2.34. The van der Waals surface area contributed by atoms with Gasteiger partial charge >= 0.3 is 0 Å². The molecule has 0 spiro atoms. The van der Waals surface area contributed by atoms with Crippen LogP contribution in [0.25, 0.3) is 0 Å². The fourth-order valence-corrected chi connectivity index (χ4v) is 3.19. The Labute approximate surface area is 154 Å². The Hall–Kier alpha value is -2.99. The number of hydrogen-bond acceptors (Lipinski definition) is 5. The van der Waals surface area contributed by atoms with E-state index in [1.165, 1.54) is 0 Å². The molecular weight excluding hydrogens is 356 g/mol. The molecule has 0 N–H and O–H groups in total. The van der Waals surface area contributed by atoms with E-state index < -0.39 is 29.6 Å². The highest BCUT2D eigenvalue weighted by Gasteiger charge is 2.57. The molecular formula is C19H13ClN2O4. The van der Waals surface area contributed by atoms with Crippen molar-refractivity contribution < 1.29 is 19.2 Å². The van der Waals surface area contributed by atoms with Gasteiger partial charge in [0.25, 0.3) is 5.91 Å². The highest BCUT2D eigenvalue weighted by atomic mass is 35.5. The predicted octanol–water partition coefficient (Wildman–Crippen LogP) is 2.78. The molecule has 2 aliphatic rings. The second-order valence-corrected chi connectivity index (χ2v) is 6.60. The van der Waals surface area contributed by atoms with Gasteiger partial charge in [-0.1, -0.05) is 34.5 Å². The molecule has 1 fully saturated rings. The average Bonchev–Trinajstić information content (AvgIpc) is 3.17. The second-order valence-electron chi connectivity index (χ2n) is 6.16. The molecule has 130 valence electrons. The topological polar surface area (TPSA) is 76.0 Å². The molecule has 26 heavy (non-hydrogen) atoms. The molecule has 1 saturated heterocycles. The maximum atomic E-state index is 12.9. The summed E-state index contributed by atoms with van der Waals surface area (Å²) in [6.45, 7) is 1.91.